The molecule has 1 aliphatic rings. The van der Waals surface area contributed by atoms with Gasteiger partial charge in [-0.15, -0.1) is 0 Å². The van der Waals surface area contributed by atoms with E-state index in [1.165, 1.54) is 4.90 Å². The Bertz CT molecular complexity index is 461. The third-order valence-electron chi connectivity index (χ3n) is 3.21. The number of carboxylic acid groups (broad SMARTS) is 1. The van der Waals surface area contributed by atoms with Gasteiger partial charge in [0.2, 0.25) is 0 Å². The Labute approximate surface area is 141 Å². The number of carbonyl (C=O) groups excluding carboxylic acids is 2. The van der Waals surface area contributed by atoms with E-state index < -0.39 is 35.9 Å². The third kappa shape index (κ3) is 7.03. The van der Waals surface area contributed by atoms with E-state index >= 15 is 0 Å². The molecular weight excluding hydrogens is 320 g/mol. The first-order chi connectivity index (χ1) is 11.1. The second-order valence-corrected chi connectivity index (χ2v) is 6.40. The van der Waals surface area contributed by atoms with Crippen molar-refractivity contribution in [3.63, 3.8) is 0 Å². The fourth-order valence-corrected chi connectivity index (χ4v) is 2.23. The number of rotatable bonds is 5. The zero-order valence-corrected chi connectivity index (χ0v) is 14.5. The number of esters is 1. The average molecular weight is 346 g/mol. The summed E-state index contributed by atoms with van der Waals surface area (Å²) in [6, 6.07) is -0.749. The molecule has 9 heteroatoms. The lowest BCUT2D eigenvalue weighted by molar-refractivity contribution is -0.145. The maximum absolute atomic E-state index is 12.0. The fourth-order valence-electron chi connectivity index (χ4n) is 2.23. The van der Waals surface area contributed by atoms with Crippen LogP contribution < -0.4 is 5.32 Å². The average Bonchev–Trinajstić information content (AvgIpc) is 2.45. The van der Waals surface area contributed by atoms with Crippen LogP contribution in [0.5, 0.6) is 0 Å². The zero-order valence-electron chi connectivity index (χ0n) is 14.5. The molecule has 24 heavy (non-hydrogen) atoms. The second kappa shape index (κ2) is 8.72. The van der Waals surface area contributed by atoms with E-state index in [0.29, 0.717) is 0 Å². The van der Waals surface area contributed by atoms with Crippen molar-refractivity contribution in [1.82, 2.24) is 10.2 Å². The minimum atomic E-state index is -1.07. The highest BCUT2D eigenvalue weighted by Crippen LogP contribution is 2.14. The van der Waals surface area contributed by atoms with Crippen LogP contribution in [0.3, 0.4) is 0 Å². The largest absolute Gasteiger partial charge is 0.466 e. The summed E-state index contributed by atoms with van der Waals surface area (Å²) < 4.78 is 15.6. The first-order valence-corrected chi connectivity index (χ1v) is 7.87. The number of hydrogen-bond acceptors (Lipinski definition) is 6. The van der Waals surface area contributed by atoms with Gasteiger partial charge in [-0.3, -0.25) is 4.79 Å². The molecule has 0 bridgehead atoms. The Kier molecular flexibility index (Phi) is 7.27. The summed E-state index contributed by atoms with van der Waals surface area (Å²) >= 11 is 0. The maximum atomic E-state index is 12.0. The van der Waals surface area contributed by atoms with E-state index in [9.17, 15) is 14.4 Å². The van der Waals surface area contributed by atoms with Crippen LogP contribution in [-0.4, -0.2) is 72.2 Å². The Hall–Kier alpha value is -2.03. The molecule has 1 aliphatic heterocycles. The fraction of sp³-hybridized carbons (Fsp3) is 0.800. The molecule has 9 nitrogen and oxygen atoms in total. The number of ether oxygens (including phenoxy) is 3. The molecule has 0 aliphatic carbocycles. The lowest BCUT2D eigenvalue weighted by atomic mass is 10.1. The van der Waals surface area contributed by atoms with Gasteiger partial charge < -0.3 is 29.5 Å². The minimum Gasteiger partial charge on any atom is -0.466 e. The lowest BCUT2D eigenvalue weighted by Gasteiger charge is -2.35. The van der Waals surface area contributed by atoms with Crippen molar-refractivity contribution in [3.8, 4) is 0 Å². The molecule has 1 unspecified atom stereocenters. The Morgan fingerprint density at radius 2 is 2.04 bits per heavy atom. The van der Waals surface area contributed by atoms with Crippen LogP contribution in [0.4, 0.5) is 9.59 Å². The number of morpholine rings is 1. The van der Waals surface area contributed by atoms with E-state index in [-0.39, 0.29) is 32.7 Å². The summed E-state index contributed by atoms with van der Waals surface area (Å²) in [6.45, 7) is 7.52. The first kappa shape index (κ1) is 20.0. The Morgan fingerprint density at radius 1 is 1.38 bits per heavy atom. The summed E-state index contributed by atoms with van der Waals surface area (Å²) in [5.41, 5.74) is -0.695. The molecule has 1 fully saturated rings. The topological polar surface area (TPSA) is 114 Å². The summed E-state index contributed by atoms with van der Waals surface area (Å²) in [4.78, 5) is 36.1. The SMILES string of the molecule is CCOC(=O)CC(NC(=O)OC(C)(C)C)[C@@H]1CN(C(=O)O)CCO1. The zero-order chi connectivity index (χ0) is 18.3. The number of carbonyl (C=O) groups is 3. The number of nitrogens with zero attached hydrogens (tertiary/aromatic N) is 1. The molecule has 2 amide bonds. The van der Waals surface area contributed by atoms with Crippen molar-refractivity contribution in [3.05, 3.63) is 0 Å². The predicted molar refractivity (Wildman–Crippen MR) is 83.7 cm³/mol. The molecule has 0 aromatic carbocycles. The molecule has 0 aromatic heterocycles. The van der Waals surface area contributed by atoms with E-state index in [1.807, 2.05) is 0 Å². The molecule has 2 atom stereocenters. The highest BCUT2D eigenvalue weighted by atomic mass is 16.6. The number of nitrogens with one attached hydrogen (secondary N) is 1. The van der Waals surface area contributed by atoms with Gasteiger partial charge in [0.25, 0.3) is 0 Å². The normalized spacial score (nSPS) is 19.3. The second-order valence-electron chi connectivity index (χ2n) is 6.40. The van der Waals surface area contributed by atoms with E-state index in [0.717, 1.165) is 0 Å². The lowest BCUT2D eigenvalue weighted by Crippen LogP contribution is -2.55. The first-order valence-electron chi connectivity index (χ1n) is 7.87. The van der Waals surface area contributed by atoms with Gasteiger partial charge in [-0.2, -0.15) is 0 Å². The minimum absolute atomic E-state index is 0.0508. The van der Waals surface area contributed by atoms with Crippen LogP contribution in [0.2, 0.25) is 0 Å². The van der Waals surface area contributed by atoms with Crippen LogP contribution in [-0.2, 0) is 19.0 Å². The molecule has 0 saturated carbocycles. The summed E-state index contributed by atoms with van der Waals surface area (Å²) in [5, 5.41) is 11.7. The number of alkyl carbamates (subject to hydrolysis) is 1. The Morgan fingerprint density at radius 3 is 2.58 bits per heavy atom. The summed E-state index contributed by atoms with van der Waals surface area (Å²) in [7, 11) is 0. The third-order valence-corrected chi connectivity index (χ3v) is 3.21. The van der Waals surface area contributed by atoms with Gasteiger partial charge in [-0.1, -0.05) is 0 Å². The van der Waals surface area contributed by atoms with Gasteiger partial charge >= 0.3 is 18.2 Å². The van der Waals surface area contributed by atoms with Crippen molar-refractivity contribution in [2.45, 2.75) is 51.9 Å². The molecular formula is C15H26N2O7. The van der Waals surface area contributed by atoms with Crippen LogP contribution >= 0.6 is 0 Å². The number of amides is 2. The van der Waals surface area contributed by atoms with Crippen molar-refractivity contribution in [1.29, 1.82) is 0 Å². The molecule has 2 N–H and O–H groups in total. The predicted octanol–water partition coefficient (Wildman–Crippen LogP) is 1.21. The summed E-state index contributed by atoms with van der Waals surface area (Å²) in [6.07, 6.45) is -2.57. The van der Waals surface area contributed by atoms with Crippen molar-refractivity contribution >= 4 is 18.2 Å². The van der Waals surface area contributed by atoms with E-state index in [1.54, 1.807) is 27.7 Å². The summed E-state index contributed by atoms with van der Waals surface area (Å²) in [5.74, 6) is -0.505. The van der Waals surface area contributed by atoms with Crippen molar-refractivity contribution in [2.75, 3.05) is 26.3 Å². The molecule has 0 aromatic rings. The molecule has 1 saturated heterocycles. The van der Waals surface area contributed by atoms with Crippen LogP contribution in [0.25, 0.3) is 0 Å². The van der Waals surface area contributed by atoms with Crippen LogP contribution in [0, 0.1) is 0 Å². The van der Waals surface area contributed by atoms with Gasteiger partial charge in [0.15, 0.2) is 0 Å². The van der Waals surface area contributed by atoms with Crippen LogP contribution in [0.15, 0.2) is 0 Å². The molecule has 1 heterocycles. The van der Waals surface area contributed by atoms with Gasteiger partial charge in [0.05, 0.1) is 38.3 Å². The van der Waals surface area contributed by atoms with Crippen LogP contribution in [0.1, 0.15) is 34.1 Å². The standard InChI is InChI=1S/C15H26N2O7/c1-5-22-12(18)8-10(16-13(19)24-15(2,3)4)11-9-17(14(20)21)6-7-23-11/h10-11H,5-9H2,1-4H3,(H,16,19)(H,20,21)/t10?,11-/m0/s1. The number of hydrogen-bond donors (Lipinski definition) is 2. The monoisotopic (exact) mass is 346 g/mol. The highest BCUT2D eigenvalue weighted by Gasteiger charge is 2.34. The highest BCUT2D eigenvalue weighted by molar-refractivity contribution is 5.73. The molecule has 1 rings (SSSR count). The molecule has 0 radical (unpaired) electrons. The van der Waals surface area contributed by atoms with Gasteiger partial charge in [-0.25, -0.2) is 9.59 Å². The Balaban J connectivity index is 2.78. The van der Waals surface area contributed by atoms with E-state index in [2.05, 4.69) is 5.32 Å². The van der Waals surface area contributed by atoms with Crippen molar-refractivity contribution in [2.24, 2.45) is 0 Å². The van der Waals surface area contributed by atoms with Gasteiger partial charge in [0, 0.05) is 6.54 Å². The molecule has 0 spiro atoms. The van der Waals surface area contributed by atoms with Crippen molar-refractivity contribution < 1.29 is 33.7 Å². The van der Waals surface area contributed by atoms with E-state index in [4.69, 9.17) is 19.3 Å². The van der Waals surface area contributed by atoms with Gasteiger partial charge in [-0.05, 0) is 27.7 Å². The molecule has 138 valence electrons. The quantitative estimate of drug-likeness (QED) is 0.719. The smallest absolute Gasteiger partial charge is 0.407 e. The van der Waals surface area contributed by atoms with Gasteiger partial charge in [0.1, 0.15) is 5.60 Å². The maximum Gasteiger partial charge on any atom is 0.407 e.